The van der Waals surface area contributed by atoms with Crippen molar-refractivity contribution in [3.05, 3.63) is 22.2 Å². The van der Waals surface area contributed by atoms with E-state index in [9.17, 15) is 4.79 Å². The summed E-state index contributed by atoms with van der Waals surface area (Å²) in [5.41, 5.74) is 0. The van der Waals surface area contributed by atoms with Crippen LogP contribution in [0.4, 0.5) is 9.93 Å². The summed E-state index contributed by atoms with van der Waals surface area (Å²) in [6.45, 7) is 4.30. The lowest BCUT2D eigenvalue weighted by molar-refractivity contribution is 0.193. The molecule has 2 amide bonds. The maximum absolute atomic E-state index is 12.2. The Kier molecular flexibility index (Phi) is 4.53. The van der Waals surface area contributed by atoms with Gasteiger partial charge in [0, 0.05) is 37.1 Å². The molecule has 118 valence electrons. The zero-order chi connectivity index (χ0) is 15.5. The van der Waals surface area contributed by atoms with Crippen molar-refractivity contribution in [3.63, 3.8) is 0 Å². The van der Waals surface area contributed by atoms with Crippen molar-refractivity contribution >= 4 is 34.7 Å². The van der Waals surface area contributed by atoms with Gasteiger partial charge in [-0.1, -0.05) is 0 Å². The number of urea groups is 1. The van der Waals surface area contributed by atoms with Crippen molar-refractivity contribution in [1.82, 2.24) is 24.6 Å². The summed E-state index contributed by atoms with van der Waals surface area (Å²) in [5.74, 6) is 1.35. The summed E-state index contributed by atoms with van der Waals surface area (Å²) < 4.78 is 2.70. The van der Waals surface area contributed by atoms with Crippen LogP contribution in [0.5, 0.6) is 0 Å². The molecule has 0 unspecified atom stereocenters. The Morgan fingerprint density at radius 3 is 2.95 bits per heavy atom. The van der Waals surface area contributed by atoms with Crippen molar-refractivity contribution in [2.75, 3.05) is 18.4 Å². The van der Waals surface area contributed by atoms with Gasteiger partial charge >= 0.3 is 6.03 Å². The molecule has 1 aliphatic rings. The maximum Gasteiger partial charge on any atom is 0.323 e. The normalized spacial score (nSPS) is 16.0. The number of H-pyrrole nitrogens is 1. The number of aromatic amines is 1. The minimum Gasteiger partial charge on any atom is -0.324 e. The van der Waals surface area contributed by atoms with Gasteiger partial charge in [0.2, 0.25) is 0 Å². The van der Waals surface area contributed by atoms with Gasteiger partial charge in [-0.05, 0) is 32.0 Å². The molecule has 2 aromatic rings. The first-order chi connectivity index (χ1) is 10.7. The number of hydrogen-bond donors (Lipinski definition) is 2. The number of carbonyl (C=O) groups excluding carboxylic acids is 1. The number of likely N-dealkylation sites (tertiary alicyclic amines) is 1. The van der Waals surface area contributed by atoms with E-state index in [4.69, 9.17) is 12.2 Å². The second-order valence-electron chi connectivity index (χ2n) is 5.16. The number of hydrogen-bond acceptors (Lipinski definition) is 5. The van der Waals surface area contributed by atoms with Crippen LogP contribution in [0.25, 0.3) is 0 Å². The highest BCUT2D eigenvalue weighted by atomic mass is 32.1. The van der Waals surface area contributed by atoms with Crippen LogP contribution in [0, 0.1) is 4.77 Å². The third-order valence-electron chi connectivity index (χ3n) is 3.90. The molecule has 2 N–H and O–H groups in total. The molecule has 22 heavy (non-hydrogen) atoms. The Morgan fingerprint density at radius 1 is 1.55 bits per heavy atom. The molecule has 0 atom stereocenters. The Labute approximate surface area is 137 Å². The third-order valence-corrected chi connectivity index (χ3v) is 4.90. The Balaban J connectivity index is 1.60. The average Bonchev–Trinajstić information content (AvgIpc) is 3.16. The predicted octanol–water partition coefficient (Wildman–Crippen LogP) is 2.83. The summed E-state index contributed by atoms with van der Waals surface area (Å²) in [6, 6.07) is -0.0808. The van der Waals surface area contributed by atoms with Gasteiger partial charge in [0.25, 0.3) is 0 Å². The molecular weight excluding hydrogens is 320 g/mol. The first-order valence-electron chi connectivity index (χ1n) is 7.29. The van der Waals surface area contributed by atoms with Gasteiger partial charge in [0.1, 0.15) is 5.82 Å². The van der Waals surface area contributed by atoms with Gasteiger partial charge < -0.3 is 9.47 Å². The van der Waals surface area contributed by atoms with Crippen LogP contribution in [0.15, 0.2) is 11.6 Å². The minimum atomic E-state index is -0.0808. The zero-order valence-electron chi connectivity index (χ0n) is 12.3. The molecule has 0 saturated carbocycles. The molecule has 3 heterocycles. The average molecular weight is 338 g/mol. The summed E-state index contributed by atoms with van der Waals surface area (Å²) in [4.78, 5) is 18.1. The highest BCUT2D eigenvalue weighted by Gasteiger charge is 2.27. The third kappa shape index (κ3) is 3.05. The first-order valence-corrected chi connectivity index (χ1v) is 8.58. The van der Waals surface area contributed by atoms with E-state index in [-0.39, 0.29) is 6.03 Å². The SMILES string of the molecule is CCn1c(C2CCN(C(=O)Nc3nccs3)CC2)n[nH]c1=S. The monoisotopic (exact) mass is 338 g/mol. The van der Waals surface area contributed by atoms with Crippen molar-refractivity contribution in [2.45, 2.75) is 32.2 Å². The van der Waals surface area contributed by atoms with Crippen molar-refractivity contribution in [3.8, 4) is 0 Å². The van der Waals surface area contributed by atoms with Crippen molar-refractivity contribution < 1.29 is 4.79 Å². The van der Waals surface area contributed by atoms with Crippen LogP contribution in [-0.2, 0) is 6.54 Å². The van der Waals surface area contributed by atoms with Gasteiger partial charge in [-0.2, -0.15) is 5.10 Å². The molecule has 3 rings (SSSR count). The van der Waals surface area contributed by atoms with Gasteiger partial charge in [-0.25, -0.2) is 9.78 Å². The van der Waals surface area contributed by atoms with Crippen LogP contribution in [0.3, 0.4) is 0 Å². The van der Waals surface area contributed by atoms with E-state index < -0.39 is 0 Å². The Morgan fingerprint density at radius 2 is 2.32 bits per heavy atom. The molecule has 1 aliphatic heterocycles. The van der Waals surface area contributed by atoms with E-state index in [1.165, 1.54) is 11.3 Å². The molecule has 1 saturated heterocycles. The zero-order valence-corrected chi connectivity index (χ0v) is 13.9. The molecule has 2 aromatic heterocycles. The maximum atomic E-state index is 12.2. The smallest absolute Gasteiger partial charge is 0.323 e. The predicted molar refractivity (Wildman–Crippen MR) is 87.8 cm³/mol. The number of rotatable bonds is 3. The minimum absolute atomic E-state index is 0.0808. The van der Waals surface area contributed by atoms with Crippen LogP contribution in [0.1, 0.15) is 31.5 Å². The van der Waals surface area contributed by atoms with Crippen molar-refractivity contribution in [1.29, 1.82) is 0 Å². The quantitative estimate of drug-likeness (QED) is 0.844. The van der Waals surface area contributed by atoms with E-state index >= 15 is 0 Å². The molecular formula is C13H18N6OS2. The molecule has 0 bridgehead atoms. The van der Waals surface area contributed by atoms with Gasteiger partial charge in [0.05, 0.1) is 0 Å². The highest BCUT2D eigenvalue weighted by Crippen LogP contribution is 2.27. The van der Waals surface area contributed by atoms with E-state index in [2.05, 4.69) is 27.4 Å². The van der Waals surface area contributed by atoms with Gasteiger partial charge in [-0.3, -0.25) is 10.4 Å². The van der Waals surface area contributed by atoms with E-state index in [0.29, 0.717) is 28.9 Å². The lowest BCUT2D eigenvalue weighted by Gasteiger charge is -2.31. The van der Waals surface area contributed by atoms with Crippen LogP contribution in [-0.4, -0.2) is 43.8 Å². The number of thiazole rings is 1. The lowest BCUT2D eigenvalue weighted by atomic mass is 9.96. The number of anilines is 1. The second-order valence-corrected chi connectivity index (χ2v) is 6.44. The summed E-state index contributed by atoms with van der Waals surface area (Å²) >= 11 is 6.66. The fraction of sp³-hybridized carbons (Fsp3) is 0.538. The molecule has 9 heteroatoms. The molecule has 0 aromatic carbocycles. The number of piperidine rings is 1. The number of amides is 2. The number of nitrogens with zero attached hydrogens (tertiary/aromatic N) is 4. The summed E-state index contributed by atoms with van der Waals surface area (Å²) in [7, 11) is 0. The fourth-order valence-electron chi connectivity index (χ4n) is 2.74. The van der Waals surface area contributed by atoms with Gasteiger partial charge in [0.15, 0.2) is 9.90 Å². The van der Waals surface area contributed by atoms with Crippen LogP contribution >= 0.6 is 23.6 Å². The largest absolute Gasteiger partial charge is 0.324 e. The fourth-order valence-corrected chi connectivity index (χ4v) is 3.53. The Bertz CT molecular complexity index is 684. The number of carbonyl (C=O) groups is 1. The van der Waals surface area contributed by atoms with Crippen molar-refractivity contribution in [2.24, 2.45) is 0 Å². The van der Waals surface area contributed by atoms with E-state index in [0.717, 1.165) is 25.2 Å². The van der Waals surface area contributed by atoms with Crippen LogP contribution < -0.4 is 5.32 Å². The lowest BCUT2D eigenvalue weighted by Crippen LogP contribution is -2.40. The van der Waals surface area contributed by atoms with Gasteiger partial charge in [-0.15, -0.1) is 11.3 Å². The summed E-state index contributed by atoms with van der Waals surface area (Å²) in [6.07, 6.45) is 3.47. The molecule has 0 spiro atoms. The molecule has 0 aliphatic carbocycles. The summed E-state index contributed by atoms with van der Waals surface area (Å²) in [5, 5.41) is 12.5. The molecule has 1 fully saturated rings. The first kappa shape index (κ1) is 15.2. The standard InChI is InChI=1S/C13H18N6OS2/c1-2-19-10(16-17-13(19)21)9-3-6-18(7-4-9)12(20)15-11-14-5-8-22-11/h5,8-9H,2-4,6-7H2,1H3,(H,17,21)(H,14,15,20). The second kappa shape index (κ2) is 6.57. The topological polar surface area (TPSA) is 78.8 Å². The number of nitrogens with one attached hydrogen (secondary N) is 2. The number of aromatic nitrogens is 4. The Hall–Kier alpha value is -1.74. The van der Waals surface area contributed by atoms with E-state index in [1.807, 2.05) is 14.8 Å². The molecule has 7 nitrogen and oxygen atoms in total. The molecule has 0 radical (unpaired) electrons. The van der Waals surface area contributed by atoms with Crippen LogP contribution in [0.2, 0.25) is 0 Å². The highest BCUT2D eigenvalue weighted by molar-refractivity contribution is 7.71. The van der Waals surface area contributed by atoms with E-state index in [1.54, 1.807) is 6.20 Å².